The molecule has 5 heterocycles. The monoisotopic (exact) mass is 606 g/mol. The van der Waals surface area contributed by atoms with Gasteiger partial charge in [0.15, 0.2) is 0 Å². The molecule has 0 saturated carbocycles. The first-order valence-corrected chi connectivity index (χ1v) is 16.9. The molecule has 44 heavy (non-hydrogen) atoms. The lowest BCUT2D eigenvalue weighted by Gasteiger charge is -2.53. The molecule has 11 atom stereocenters. The summed E-state index contributed by atoms with van der Waals surface area (Å²) >= 11 is 0. The maximum atomic E-state index is 6.99. The van der Waals surface area contributed by atoms with Crippen molar-refractivity contribution in [3.8, 4) is 0 Å². The topological polar surface area (TPSA) is 64.6 Å². The third-order valence-corrected chi connectivity index (χ3v) is 10.9. The van der Waals surface area contributed by atoms with Gasteiger partial charge in [0.05, 0.1) is 73.8 Å². The van der Waals surface area contributed by atoms with E-state index in [0.29, 0.717) is 25.7 Å². The Morgan fingerprint density at radius 1 is 0.773 bits per heavy atom. The Hall–Kier alpha value is -1.84. The van der Waals surface area contributed by atoms with Crippen LogP contribution in [0.25, 0.3) is 0 Å². The van der Waals surface area contributed by atoms with Gasteiger partial charge in [0.2, 0.25) is 0 Å². The maximum absolute atomic E-state index is 6.99. The lowest BCUT2D eigenvalue weighted by atomic mass is 9.79. The van der Waals surface area contributed by atoms with Crippen molar-refractivity contribution in [1.29, 1.82) is 0 Å². The molecule has 7 rings (SSSR count). The Balaban J connectivity index is 1.06. The van der Waals surface area contributed by atoms with Crippen LogP contribution in [0.3, 0.4) is 0 Å². The second kappa shape index (κ2) is 13.1. The molecule has 5 aliphatic rings. The molecule has 240 valence electrons. The normalized spacial score (nSPS) is 42.1. The van der Waals surface area contributed by atoms with E-state index in [1.165, 1.54) is 0 Å². The Labute approximate surface area is 262 Å². The van der Waals surface area contributed by atoms with Crippen LogP contribution in [0.5, 0.6) is 0 Å². The van der Waals surface area contributed by atoms with E-state index in [-0.39, 0.29) is 54.4 Å². The highest BCUT2D eigenvalue weighted by molar-refractivity contribution is 5.14. The molecule has 0 N–H and O–H groups in total. The summed E-state index contributed by atoms with van der Waals surface area (Å²) in [6, 6.07) is 20.6. The molecule has 2 aromatic rings. The number of hydrogen-bond donors (Lipinski definition) is 0. The number of rotatable bonds is 7. The van der Waals surface area contributed by atoms with Crippen LogP contribution in [0.1, 0.15) is 76.8 Å². The van der Waals surface area contributed by atoms with Gasteiger partial charge in [-0.15, -0.1) is 0 Å². The molecule has 2 aromatic carbocycles. The second-order valence-corrected chi connectivity index (χ2v) is 14.3. The molecule has 5 aliphatic heterocycles. The van der Waals surface area contributed by atoms with Crippen LogP contribution in [-0.2, 0) is 46.4 Å². The third-order valence-electron chi connectivity index (χ3n) is 10.9. The van der Waals surface area contributed by atoms with Gasteiger partial charge in [-0.05, 0) is 63.0 Å². The SMILES string of the molecule is C[C@@H]1C[C@@H]2O[C@@H]3C[C@H](OCc4ccccc4)[C@@H](COCc4ccccc4)O[C@@]3(C)C[C@H]2O[C@H]2CC[C@@]3(C)OCCC[C@@H]3O[C@H]12. The van der Waals surface area contributed by atoms with E-state index in [9.17, 15) is 0 Å². The Morgan fingerprint density at radius 2 is 1.52 bits per heavy atom. The molecule has 0 aromatic heterocycles. The van der Waals surface area contributed by atoms with Crippen molar-refractivity contribution in [2.45, 2.75) is 139 Å². The quantitative estimate of drug-likeness (QED) is 0.361. The van der Waals surface area contributed by atoms with E-state index in [1.807, 2.05) is 24.3 Å². The first-order valence-electron chi connectivity index (χ1n) is 16.9. The molecule has 7 nitrogen and oxygen atoms in total. The Bertz CT molecular complexity index is 1210. The molecule has 0 unspecified atom stereocenters. The average molecular weight is 607 g/mol. The van der Waals surface area contributed by atoms with Gasteiger partial charge in [-0.1, -0.05) is 67.6 Å². The fourth-order valence-electron chi connectivity index (χ4n) is 8.28. The van der Waals surface area contributed by atoms with Gasteiger partial charge in [0.25, 0.3) is 0 Å². The van der Waals surface area contributed by atoms with Crippen molar-refractivity contribution < 1.29 is 33.2 Å². The molecule has 0 amide bonds. The molecule has 5 fully saturated rings. The molecular weight excluding hydrogens is 556 g/mol. The van der Waals surface area contributed by atoms with Gasteiger partial charge in [-0.3, -0.25) is 0 Å². The van der Waals surface area contributed by atoms with Crippen molar-refractivity contribution in [3.05, 3.63) is 71.8 Å². The highest BCUT2D eigenvalue weighted by atomic mass is 16.6. The number of hydrogen-bond acceptors (Lipinski definition) is 7. The van der Waals surface area contributed by atoms with Crippen LogP contribution in [0.4, 0.5) is 0 Å². The number of benzene rings is 2. The second-order valence-electron chi connectivity index (χ2n) is 14.3. The zero-order valence-corrected chi connectivity index (χ0v) is 26.6. The lowest BCUT2D eigenvalue weighted by Crippen LogP contribution is -2.63. The zero-order valence-electron chi connectivity index (χ0n) is 26.6. The summed E-state index contributed by atoms with van der Waals surface area (Å²) in [6.45, 7) is 9.11. The first-order chi connectivity index (χ1) is 21.4. The molecule has 7 heteroatoms. The fourth-order valence-corrected chi connectivity index (χ4v) is 8.28. The summed E-state index contributed by atoms with van der Waals surface area (Å²) in [7, 11) is 0. The highest BCUT2D eigenvalue weighted by Gasteiger charge is 2.56. The van der Waals surface area contributed by atoms with Crippen LogP contribution < -0.4 is 0 Å². The van der Waals surface area contributed by atoms with Crippen molar-refractivity contribution in [2.24, 2.45) is 5.92 Å². The summed E-state index contributed by atoms with van der Waals surface area (Å²) in [5, 5.41) is 0. The van der Waals surface area contributed by atoms with Gasteiger partial charge in [-0.25, -0.2) is 0 Å². The Kier molecular flexibility index (Phi) is 9.18. The van der Waals surface area contributed by atoms with Crippen LogP contribution in [0.15, 0.2) is 60.7 Å². The maximum Gasteiger partial charge on any atom is 0.108 e. The first kappa shape index (κ1) is 30.8. The van der Waals surface area contributed by atoms with Crippen molar-refractivity contribution in [1.82, 2.24) is 0 Å². The molecule has 0 aliphatic carbocycles. The van der Waals surface area contributed by atoms with Gasteiger partial charge in [0, 0.05) is 19.4 Å². The molecule has 0 radical (unpaired) electrons. The van der Waals surface area contributed by atoms with E-state index in [4.69, 9.17) is 33.2 Å². The molecule has 0 bridgehead atoms. The summed E-state index contributed by atoms with van der Waals surface area (Å²) in [5.41, 5.74) is 1.59. The van der Waals surface area contributed by atoms with Gasteiger partial charge in [-0.2, -0.15) is 0 Å². The van der Waals surface area contributed by atoms with E-state index in [0.717, 1.165) is 62.7 Å². The van der Waals surface area contributed by atoms with Gasteiger partial charge >= 0.3 is 0 Å². The van der Waals surface area contributed by atoms with Gasteiger partial charge in [0.1, 0.15) is 6.10 Å². The smallest absolute Gasteiger partial charge is 0.108 e. The minimum absolute atomic E-state index is 0.0110. The van der Waals surface area contributed by atoms with E-state index >= 15 is 0 Å². The summed E-state index contributed by atoms with van der Waals surface area (Å²) in [5.74, 6) is 0.331. The summed E-state index contributed by atoms with van der Waals surface area (Å²) in [4.78, 5) is 0. The summed E-state index contributed by atoms with van der Waals surface area (Å²) < 4.78 is 46.9. The van der Waals surface area contributed by atoms with E-state index in [2.05, 4.69) is 57.2 Å². The zero-order chi connectivity index (χ0) is 30.1. The third kappa shape index (κ3) is 6.52. The lowest BCUT2D eigenvalue weighted by molar-refractivity contribution is -0.304. The van der Waals surface area contributed by atoms with Gasteiger partial charge < -0.3 is 33.2 Å². The predicted octanol–water partition coefficient (Wildman–Crippen LogP) is 6.40. The number of ether oxygens (including phenoxy) is 7. The van der Waals surface area contributed by atoms with E-state index in [1.54, 1.807) is 0 Å². The van der Waals surface area contributed by atoms with Crippen LogP contribution in [0, 0.1) is 5.92 Å². The van der Waals surface area contributed by atoms with E-state index < -0.39 is 5.60 Å². The highest BCUT2D eigenvalue weighted by Crippen LogP contribution is 2.47. The molecule has 0 spiro atoms. The van der Waals surface area contributed by atoms with Crippen LogP contribution in [0.2, 0.25) is 0 Å². The fraction of sp³-hybridized carbons (Fsp3) is 0.676. The minimum atomic E-state index is -0.494. The summed E-state index contributed by atoms with van der Waals surface area (Å²) in [6.07, 6.45) is 6.25. The molecular formula is C37H50O7. The number of fused-ring (bicyclic) bond motifs is 4. The Morgan fingerprint density at radius 3 is 2.30 bits per heavy atom. The van der Waals surface area contributed by atoms with Crippen LogP contribution in [-0.4, -0.2) is 73.2 Å². The largest absolute Gasteiger partial charge is 0.374 e. The van der Waals surface area contributed by atoms with Crippen molar-refractivity contribution >= 4 is 0 Å². The predicted molar refractivity (Wildman–Crippen MR) is 166 cm³/mol. The standard InChI is InChI=1S/C37H50O7/c1-25-19-30-31(41-28-16-17-36(2)33(43-35(25)28)15-10-18-40-36)21-37(3)34(42-30)20-29(39-23-27-13-8-5-9-14-27)32(44-37)24-38-22-26-11-6-4-7-12-26/h4-9,11-14,25,28-35H,10,15-24H2,1-3H3/t25-,28+,29+,30+,31-,32-,33+,34-,35-,36-,37+/m1/s1. The van der Waals surface area contributed by atoms with Crippen molar-refractivity contribution in [2.75, 3.05) is 13.2 Å². The molecule has 5 saturated heterocycles. The van der Waals surface area contributed by atoms with Crippen molar-refractivity contribution in [3.63, 3.8) is 0 Å². The van der Waals surface area contributed by atoms with Crippen LogP contribution >= 0.6 is 0 Å². The minimum Gasteiger partial charge on any atom is -0.374 e. The average Bonchev–Trinajstić information content (AvgIpc) is 3.25.